The summed E-state index contributed by atoms with van der Waals surface area (Å²) in [5.41, 5.74) is 1.05. The van der Waals surface area contributed by atoms with Gasteiger partial charge in [0.25, 0.3) is 0 Å². The van der Waals surface area contributed by atoms with Gasteiger partial charge in [0.05, 0.1) is 5.69 Å². The number of hydrogen-bond acceptors (Lipinski definition) is 2. The molecule has 1 aromatic rings. The van der Waals surface area contributed by atoms with Crippen molar-refractivity contribution in [1.82, 2.24) is 9.78 Å². The van der Waals surface area contributed by atoms with Crippen molar-refractivity contribution < 1.29 is 5.11 Å². The summed E-state index contributed by atoms with van der Waals surface area (Å²) in [6.45, 7) is 5.23. The van der Waals surface area contributed by atoms with Crippen LogP contribution in [0.4, 0.5) is 0 Å². The van der Waals surface area contributed by atoms with Crippen LogP contribution < -0.4 is 0 Å². The van der Waals surface area contributed by atoms with Gasteiger partial charge in [0.1, 0.15) is 6.10 Å². The molecule has 1 unspecified atom stereocenters. The molecular formula is C13H22N2O. The monoisotopic (exact) mass is 222 g/mol. The zero-order valence-electron chi connectivity index (χ0n) is 10.3. The summed E-state index contributed by atoms with van der Waals surface area (Å²) in [4.78, 5) is 0. The van der Waals surface area contributed by atoms with Gasteiger partial charge >= 0.3 is 0 Å². The van der Waals surface area contributed by atoms with Gasteiger partial charge in [-0.05, 0) is 30.7 Å². The first-order valence-electron chi connectivity index (χ1n) is 6.37. The summed E-state index contributed by atoms with van der Waals surface area (Å²) < 4.78 is 1.95. The first-order valence-corrected chi connectivity index (χ1v) is 6.37. The van der Waals surface area contributed by atoms with Gasteiger partial charge in [-0.25, -0.2) is 0 Å². The lowest BCUT2D eigenvalue weighted by molar-refractivity contribution is 0.0334. The molecule has 1 aromatic heterocycles. The maximum Gasteiger partial charge on any atom is 0.101 e. The van der Waals surface area contributed by atoms with Gasteiger partial charge in [0, 0.05) is 12.7 Å². The van der Waals surface area contributed by atoms with E-state index in [2.05, 4.69) is 18.9 Å². The molecule has 3 nitrogen and oxygen atoms in total. The number of aromatic nitrogens is 2. The van der Waals surface area contributed by atoms with E-state index in [1.54, 1.807) is 6.20 Å². The fraction of sp³-hybridized carbons (Fsp3) is 0.769. The van der Waals surface area contributed by atoms with Crippen molar-refractivity contribution >= 4 is 0 Å². The van der Waals surface area contributed by atoms with E-state index < -0.39 is 0 Å². The molecule has 1 aliphatic rings. The summed E-state index contributed by atoms with van der Waals surface area (Å²) in [6, 6.07) is 1.96. The smallest absolute Gasteiger partial charge is 0.101 e. The van der Waals surface area contributed by atoms with Gasteiger partial charge in [-0.1, -0.05) is 26.7 Å². The standard InChI is InChI=1S/C13H22N2O/c1-3-10-15-11(6-9-14-15)12(16)13(2)7-4-5-8-13/h6,9,12,16H,3-5,7-8,10H2,1-2H3. The number of aliphatic hydroxyl groups is 1. The van der Waals surface area contributed by atoms with Gasteiger partial charge in [-0.2, -0.15) is 5.10 Å². The Labute approximate surface area is 97.5 Å². The second kappa shape index (κ2) is 4.58. The average molecular weight is 222 g/mol. The van der Waals surface area contributed by atoms with E-state index in [-0.39, 0.29) is 11.5 Å². The Hall–Kier alpha value is -0.830. The lowest BCUT2D eigenvalue weighted by atomic mass is 9.81. The van der Waals surface area contributed by atoms with Crippen molar-refractivity contribution in [3.63, 3.8) is 0 Å². The molecule has 2 rings (SSSR count). The summed E-state index contributed by atoms with van der Waals surface area (Å²) >= 11 is 0. The molecule has 1 heterocycles. The van der Waals surface area contributed by atoms with Crippen LogP contribution in [0, 0.1) is 5.41 Å². The first-order chi connectivity index (χ1) is 7.67. The summed E-state index contributed by atoms with van der Waals surface area (Å²) in [6.07, 6.45) is 7.25. The van der Waals surface area contributed by atoms with E-state index >= 15 is 0 Å². The zero-order chi connectivity index (χ0) is 11.6. The van der Waals surface area contributed by atoms with Gasteiger partial charge in [-0.15, -0.1) is 0 Å². The van der Waals surface area contributed by atoms with Crippen molar-refractivity contribution in [2.45, 2.75) is 58.6 Å². The van der Waals surface area contributed by atoms with E-state index in [9.17, 15) is 5.11 Å². The van der Waals surface area contributed by atoms with Gasteiger partial charge in [0.15, 0.2) is 0 Å². The van der Waals surface area contributed by atoms with Crippen LogP contribution in [0.3, 0.4) is 0 Å². The number of aryl methyl sites for hydroxylation is 1. The molecule has 0 spiro atoms. The van der Waals surface area contributed by atoms with Gasteiger partial charge in [0.2, 0.25) is 0 Å². The number of rotatable bonds is 4. The lowest BCUT2D eigenvalue weighted by Gasteiger charge is -2.30. The molecule has 0 saturated heterocycles. The Morgan fingerprint density at radius 1 is 1.50 bits per heavy atom. The van der Waals surface area contributed by atoms with Crippen LogP contribution in [-0.2, 0) is 6.54 Å². The van der Waals surface area contributed by atoms with Crippen molar-refractivity contribution in [2.24, 2.45) is 5.41 Å². The van der Waals surface area contributed by atoms with Crippen LogP contribution in [0.15, 0.2) is 12.3 Å². The average Bonchev–Trinajstić information content (AvgIpc) is 2.88. The Morgan fingerprint density at radius 3 is 2.81 bits per heavy atom. The van der Waals surface area contributed by atoms with Crippen molar-refractivity contribution in [3.8, 4) is 0 Å². The SMILES string of the molecule is CCCn1nccc1C(O)C1(C)CCCC1. The maximum atomic E-state index is 10.5. The fourth-order valence-corrected chi connectivity index (χ4v) is 2.79. The van der Waals surface area contributed by atoms with Crippen molar-refractivity contribution in [3.05, 3.63) is 18.0 Å². The molecule has 0 aromatic carbocycles. The van der Waals surface area contributed by atoms with Crippen LogP contribution in [0.25, 0.3) is 0 Å². The largest absolute Gasteiger partial charge is 0.386 e. The Bertz CT molecular complexity index is 339. The first kappa shape index (κ1) is 11.6. The molecule has 16 heavy (non-hydrogen) atoms. The molecule has 1 atom stereocenters. The third-order valence-corrected chi connectivity index (χ3v) is 3.87. The van der Waals surface area contributed by atoms with E-state index in [0.717, 1.165) is 31.5 Å². The predicted molar refractivity (Wildman–Crippen MR) is 64.1 cm³/mol. The van der Waals surface area contributed by atoms with Crippen molar-refractivity contribution in [1.29, 1.82) is 0 Å². The normalized spacial score (nSPS) is 21.2. The molecule has 1 saturated carbocycles. The number of aliphatic hydroxyl groups excluding tert-OH is 1. The quantitative estimate of drug-likeness (QED) is 0.850. The lowest BCUT2D eigenvalue weighted by Crippen LogP contribution is -2.24. The highest BCUT2D eigenvalue weighted by Crippen LogP contribution is 2.46. The molecule has 1 N–H and O–H groups in total. The van der Waals surface area contributed by atoms with Crippen LogP contribution in [0.2, 0.25) is 0 Å². The summed E-state index contributed by atoms with van der Waals surface area (Å²) in [5, 5.41) is 14.8. The van der Waals surface area contributed by atoms with Crippen LogP contribution in [0.1, 0.15) is 57.7 Å². The van der Waals surface area contributed by atoms with Gasteiger partial charge in [-0.3, -0.25) is 4.68 Å². The molecule has 0 aliphatic heterocycles. The van der Waals surface area contributed by atoms with Crippen molar-refractivity contribution in [2.75, 3.05) is 0 Å². The topological polar surface area (TPSA) is 38.0 Å². The molecular weight excluding hydrogens is 200 g/mol. The minimum absolute atomic E-state index is 0.0610. The molecule has 90 valence electrons. The van der Waals surface area contributed by atoms with Gasteiger partial charge < -0.3 is 5.11 Å². The highest BCUT2D eigenvalue weighted by Gasteiger charge is 2.38. The molecule has 1 fully saturated rings. The zero-order valence-corrected chi connectivity index (χ0v) is 10.3. The Balaban J connectivity index is 2.19. The summed E-state index contributed by atoms with van der Waals surface area (Å²) in [5.74, 6) is 0. The highest BCUT2D eigenvalue weighted by atomic mass is 16.3. The molecule has 3 heteroatoms. The van der Waals surface area contributed by atoms with Crippen LogP contribution >= 0.6 is 0 Å². The Morgan fingerprint density at radius 2 is 2.19 bits per heavy atom. The van der Waals surface area contributed by atoms with Crippen LogP contribution in [0.5, 0.6) is 0 Å². The Kier molecular flexibility index (Phi) is 3.33. The third kappa shape index (κ3) is 2.01. The highest BCUT2D eigenvalue weighted by molar-refractivity contribution is 5.09. The molecule has 0 bridgehead atoms. The van der Waals surface area contributed by atoms with Crippen LogP contribution in [-0.4, -0.2) is 14.9 Å². The second-order valence-corrected chi connectivity index (χ2v) is 5.24. The molecule has 1 aliphatic carbocycles. The third-order valence-electron chi connectivity index (χ3n) is 3.87. The molecule has 0 amide bonds. The maximum absolute atomic E-state index is 10.5. The fourth-order valence-electron chi connectivity index (χ4n) is 2.79. The second-order valence-electron chi connectivity index (χ2n) is 5.24. The minimum atomic E-state index is -0.357. The summed E-state index contributed by atoms with van der Waals surface area (Å²) in [7, 11) is 0. The van der Waals surface area contributed by atoms with E-state index in [1.165, 1.54) is 12.8 Å². The van der Waals surface area contributed by atoms with E-state index in [0.29, 0.717) is 0 Å². The minimum Gasteiger partial charge on any atom is -0.386 e. The van der Waals surface area contributed by atoms with E-state index in [1.807, 2.05) is 10.7 Å². The molecule has 0 radical (unpaired) electrons. The van der Waals surface area contributed by atoms with E-state index in [4.69, 9.17) is 0 Å². The number of nitrogens with zero attached hydrogens (tertiary/aromatic N) is 2. The predicted octanol–water partition coefficient (Wildman–Crippen LogP) is 2.91. The number of hydrogen-bond donors (Lipinski definition) is 1.